The van der Waals surface area contributed by atoms with Gasteiger partial charge in [0.2, 0.25) is 10.0 Å². The Morgan fingerprint density at radius 2 is 2.00 bits per heavy atom. The molecule has 0 aromatic heterocycles. The van der Waals surface area contributed by atoms with Gasteiger partial charge in [0.15, 0.2) is 0 Å². The highest BCUT2D eigenvalue weighted by atomic mass is 32.2. The number of sulfonamides is 1. The van der Waals surface area contributed by atoms with Crippen LogP contribution in [0.4, 0.5) is 13.2 Å². The van der Waals surface area contributed by atoms with Gasteiger partial charge in [-0.25, -0.2) is 8.42 Å². The number of nitrogens with two attached hydrogens (primary N) is 1. The quantitative estimate of drug-likeness (QED) is 0.855. The largest absolute Gasteiger partial charge is 0.417 e. The van der Waals surface area contributed by atoms with E-state index in [2.05, 4.69) is 5.32 Å². The van der Waals surface area contributed by atoms with Gasteiger partial charge in [0.25, 0.3) is 0 Å². The maximum Gasteiger partial charge on any atom is 0.417 e. The molecule has 3 N–H and O–H groups in total. The van der Waals surface area contributed by atoms with Crippen molar-refractivity contribution in [3.8, 4) is 0 Å². The molecule has 0 spiro atoms. The molecule has 0 saturated carbocycles. The summed E-state index contributed by atoms with van der Waals surface area (Å²) in [5.41, 5.74) is 4.37. The highest BCUT2D eigenvalue weighted by Gasteiger charge is 2.40. The predicted molar refractivity (Wildman–Crippen MR) is 71.0 cm³/mol. The number of halogens is 3. The molecule has 1 aliphatic heterocycles. The highest BCUT2D eigenvalue weighted by molar-refractivity contribution is 7.89. The zero-order valence-corrected chi connectivity index (χ0v) is 11.9. The molecule has 2 rings (SSSR count). The lowest BCUT2D eigenvalue weighted by Crippen LogP contribution is -2.56. The van der Waals surface area contributed by atoms with Gasteiger partial charge < -0.3 is 11.1 Å². The molecule has 1 unspecified atom stereocenters. The van der Waals surface area contributed by atoms with Crippen molar-refractivity contribution in [3.63, 3.8) is 0 Å². The Labute approximate surface area is 121 Å². The fourth-order valence-electron chi connectivity index (χ4n) is 2.31. The number of nitrogens with zero attached hydrogens (tertiary/aromatic N) is 1. The van der Waals surface area contributed by atoms with Crippen LogP contribution >= 0.6 is 0 Å². The normalized spacial score (nSPS) is 21.4. The molecule has 0 amide bonds. The lowest BCUT2D eigenvalue weighted by Gasteiger charge is -2.34. The molecule has 1 atom stereocenters. The van der Waals surface area contributed by atoms with Crippen LogP contribution in [0.1, 0.15) is 5.56 Å². The topological polar surface area (TPSA) is 75.4 Å². The van der Waals surface area contributed by atoms with Crippen LogP contribution in [-0.4, -0.2) is 44.9 Å². The van der Waals surface area contributed by atoms with Gasteiger partial charge in [-0.2, -0.15) is 17.5 Å². The van der Waals surface area contributed by atoms with E-state index in [1.54, 1.807) is 0 Å². The minimum atomic E-state index is -4.73. The Kier molecular flexibility index (Phi) is 4.57. The summed E-state index contributed by atoms with van der Waals surface area (Å²) in [4.78, 5) is -0.724. The maximum atomic E-state index is 13.0. The molecule has 5 nitrogen and oxygen atoms in total. The van der Waals surface area contributed by atoms with Crippen molar-refractivity contribution in [1.29, 1.82) is 0 Å². The standard InChI is InChI=1S/C12H16F3N3O2S/c13-12(14,15)10-3-1-2-4-11(10)21(19,20)18-6-5-17-8-9(18)7-16/h1-4,9,17H,5-8,16H2. The molecular weight excluding hydrogens is 307 g/mol. The Morgan fingerprint density at radius 1 is 1.33 bits per heavy atom. The molecule has 1 heterocycles. The molecule has 118 valence electrons. The number of hydrogen-bond acceptors (Lipinski definition) is 4. The van der Waals surface area contributed by atoms with E-state index in [0.717, 1.165) is 16.4 Å². The number of nitrogens with one attached hydrogen (secondary N) is 1. The third-order valence-corrected chi connectivity index (χ3v) is 5.36. The van der Waals surface area contributed by atoms with Gasteiger partial charge in [0.1, 0.15) is 0 Å². The van der Waals surface area contributed by atoms with Crippen LogP contribution in [0.3, 0.4) is 0 Å². The van der Waals surface area contributed by atoms with Crippen molar-refractivity contribution in [3.05, 3.63) is 29.8 Å². The predicted octanol–water partition coefficient (Wildman–Crippen LogP) is 0.627. The summed E-state index contributed by atoms with van der Waals surface area (Å²) in [6.07, 6.45) is -4.73. The fourth-order valence-corrected chi connectivity index (χ4v) is 4.16. The highest BCUT2D eigenvalue weighted by Crippen LogP contribution is 2.35. The minimum Gasteiger partial charge on any atom is -0.329 e. The van der Waals surface area contributed by atoms with Gasteiger partial charge in [0.05, 0.1) is 10.5 Å². The second kappa shape index (κ2) is 5.91. The monoisotopic (exact) mass is 323 g/mol. The molecule has 1 saturated heterocycles. The average molecular weight is 323 g/mol. The second-order valence-corrected chi connectivity index (χ2v) is 6.56. The number of alkyl halides is 3. The number of piperazine rings is 1. The van der Waals surface area contributed by atoms with Crippen LogP contribution < -0.4 is 11.1 Å². The third kappa shape index (κ3) is 3.20. The van der Waals surface area contributed by atoms with E-state index >= 15 is 0 Å². The van der Waals surface area contributed by atoms with E-state index in [1.807, 2.05) is 0 Å². The second-order valence-electron chi connectivity index (χ2n) is 4.70. The van der Waals surface area contributed by atoms with Crippen molar-refractivity contribution in [2.24, 2.45) is 5.73 Å². The molecule has 0 aliphatic carbocycles. The molecule has 1 aromatic carbocycles. The fraction of sp³-hybridized carbons (Fsp3) is 0.500. The van der Waals surface area contributed by atoms with Crippen LogP contribution in [0.2, 0.25) is 0 Å². The molecular formula is C12H16F3N3O2S. The Bertz CT molecular complexity index is 604. The van der Waals surface area contributed by atoms with E-state index in [-0.39, 0.29) is 13.1 Å². The molecule has 0 radical (unpaired) electrons. The van der Waals surface area contributed by atoms with Crippen molar-refractivity contribution in [2.45, 2.75) is 17.1 Å². The Balaban J connectivity index is 2.49. The molecule has 21 heavy (non-hydrogen) atoms. The van der Waals surface area contributed by atoms with Crippen molar-refractivity contribution in [2.75, 3.05) is 26.2 Å². The van der Waals surface area contributed by atoms with Crippen LogP contribution in [0, 0.1) is 0 Å². The van der Waals surface area contributed by atoms with E-state index in [9.17, 15) is 21.6 Å². The zero-order valence-electron chi connectivity index (χ0n) is 11.1. The molecule has 1 aliphatic rings. The minimum absolute atomic E-state index is 0.0421. The summed E-state index contributed by atoms with van der Waals surface area (Å²) in [5.74, 6) is 0. The third-order valence-electron chi connectivity index (χ3n) is 3.35. The van der Waals surface area contributed by atoms with Crippen molar-refractivity contribution >= 4 is 10.0 Å². The summed E-state index contributed by atoms with van der Waals surface area (Å²) >= 11 is 0. The first-order valence-electron chi connectivity index (χ1n) is 6.37. The summed E-state index contributed by atoms with van der Waals surface area (Å²) in [5, 5.41) is 2.98. The zero-order chi connectivity index (χ0) is 15.7. The maximum absolute atomic E-state index is 13.0. The van der Waals surface area contributed by atoms with Gasteiger partial charge in [-0.1, -0.05) is 12.1 Å². The van der Waals surface area contributed by atoms with Crippen LogP contribution in [0.15, 0.2) is 29.2 Å². The van der Waals surface area contributed by atoms with Crippen molar-refractivity contribution < 1.29 is 21.6 Å². The summed E-state index contributed by atoms with van der Waals surface area (Å²) in [7, 11) is -4.24. The first-order valence-corrected chi connectivity index (χ1v) is 7.81. The SMILES string of the molecule is NCC1CNCCN1S(=O)(=O)c1ccccc1C(F)(F)F. The number of rotatable bonds is 3. The molecule has 1 fully saturated rings. The summed E-state index contributed by atoms with van der Waals surface area (Å²) in [6, 6.07) is 3.65. The van der Waals surface area contributed by atoms with Gasteiger partial charge in [0, 0.05) is 32.2 Å². The number of hydrogen-bond donors (Lipinski definition) is 2. The summed E-state index contributed by atoms with van der Waals surface area (Å²) < 4.78 is 65.2. The van der Waals surface area contributed by atoms with E-state index < -0.39 is 32.7 Å². The lowest BCUT2D eigenvalue weighted by molar-refractivity contribution is -0.139. The van der Waals surface area contributed by atoms with Gasteiger partial charge in [-0.05, 0) is 12.1 Å². The van der Waals surface area contributed by atoms with Gasteiger partial charge >= 0.3 is 6.18 Å². The van der Waals surface area contributed by atoms with E-state index in [1.165, 1.54) is 12.1 Å². The van der Waals surface area contributed by atoms with Crippen LogP contribution in [-0.2, 0) is 16.2 Å². The average Bonchev–Trinajstić information content (AvgIpc) is 2.46. The van der Waals surface area contributed by atoms with Gasteiger partial charge in [-0.15, -0.1) is 0 Å². The Morgan fingerprint density at radius 3 is 2.62 bits per heavy atom. The molecule has 9 heteroatoms. The van der Waals surface area contributed by atoms with Crippen LogP contribution in [0.25, 0.3) is 0 Å². The molecule has 1 aromatic rings. The Hall–Kier alpha value is -1.16. The first kappa shape index (κ1) is 16.2. The lowest BCUT2D eigenvalue weighted by atomic mass is 10.2. The van der Waals surface area contributed by atoms with E-state index in [0.29, 0.717) is 13.1 Å². The molecule has 0 bridgehead atoms. The van der Waals surface area contributed by atoms with E-state index in [4.69, 9.17) is 5.73 Å². The number of benzene rings is 1. The van der Waals surface area contributed by atoms with Crippen LogP contribution in [0.5, 0.6) is 0 Å². The van der Waals surface area contributed by atoms with Gasteiger partial charge in [-0.3, -0.25) is 0 Å². The summed E-state index contributed by atoms with van der Waals surface area (Å²) in [6.45, 7) is 0.838. The first-order chi connectivity index (χ1) is 9.78. The smallest absolute Gasteiger partial charge is 0.329 e. The van der Waals surface area contributed by atoms with Crippen molar-refractivity contribution in [1.82, 2.24) is 9.62 Å².